The molecule has 0 spiro atoms. The molecule has 0 radical (unpaired) electrons. The smallest absolute Gasteiger partial charge is 0.116 e. The molecule has 2 aromatic carbocycles. The molecule has 1 atom stereocenters. The first-order valence-corrected chi connectivity index (χ1v) is 7.14. The average molecular weight is 313 g/mol. The highest BCUT2D eigenvalue weighted by atomic mass is 79.9. The molecule has 0 aliphatic carbocycles. The van der Waals surface area contributed by atoms with Crippen molar-refractivity contribution < 1.29 is 0 Å². The van der Waals surface area contributed by atoms with Gasteiger partial charge in [-0.25, -0.2) is 9.97 Å². The molecule has 0 saturated carbocycles. The number of nitrogens with zero attached hydrogens (tertiary/aromatic N) is 2. The van der Waals surface area contributed by atoms with Crippen LogP contribution in [-0.2, 0) is 6.42 Å². The van der Waals surface area contributed by atoms with Gasteiger partial charge in [0, 0.05) is 16.6 Å². The van der Waals surface area contributed by atoms with Gasteiger partial charge in [0.25, 0.3) is 0 Å². The lowest BCUT2D eigenvalue weighted by atomic mass is 10.1. The molecule has 3 aromatic rings. The maximum Gasteiger partial charge on any atom is 0.116 e. The van der Waals surface area contributed by atoms with Crippen molar-refractivity contribution >= 4 is 26.8 Å². The lowest BCUT2D eigenvalue weighted by Crippen LogP contribution is -1.99. The Kier molecular flexibility index (Phi) is 3.56. The molecular weight excluding hydrogens is 300 g/mol. The topological polar surface area (TPSA) is 25.8 Å². The molecule has 0 aliphatic heterocycles. The molecule has 1 unspecified atom stereocenters. The van der Waals surface area contributed by atoms with Crippen LogP contribution in [0.1, 0.15) is 16.1 Å². The summed E-state index contributed by atoms with van der Waals surface area (Å²) in [5.41, 5.74) is 3.35. The standard InChI is InChI=1S/C16H13BrN2/c17-14(12-6-2-1-3-7-12)10-16-13-8-4-5-9-15(13)18-11-19-16/h1-9,11,14H,10H2. The summed E-state index contributed by atoms with van der Waals surface area (Å²) in [6, 6.07) is 18.5. The summed E-state index contributed by atoms with van der Waals surface area (Å²) in [5.74, 6) is 0. The van der Waals surface area contributed by atoms with Gasteiger partial charge in [-0.1, -0.05) is 64.5 Å². The first kappa shape index (κ1) is 12.3. The largest absolute Gasteiger partial charge is 0.241 e. The molecule has 0 N–H and O–H groups in total. The number of benzene rings is 2. The molecule has 0 bridgehead atoms. The molecule has 0 amide bonds. The fourth-order valence-corrected chi connectivity index (χ4v) is 2.78. The van der Waals surface area contributed by atoms with E-state index in [1.54, 1.807) is 6.33 Å². The van der Waals surface area contributed by atoms with Crippen LogP contribution < -0.4 is 0 Å². The number of rotatable bonds is 3. The molecule has 1 aromatic heterocycles. The van der Waals surface area contributed by atoms with E-state index in [4.69, 9.17) is 0 Å². The van der Waals surface area contributed by atoms with E-state index in [2.05, 4.69) is 56.2 Å². The molecule has 94 valence electrons. The maximum absolute atomic E-state index is 4.43. The van der Waals surface area contributed by atoms with E-state index < -0.39 is 0 Å². The van der Waals surface area contributed by atoms with Gasteiger partial charge >= 0.3 is 0 Å². The molecule has 1 heterocycles. The Hall–Kier alpha value is -1.74. The van der Waals surface area contributed by atoms with Crippen LogP contribution >= 0.6 is 15.9 Å². The number of fused-ring (bicyclic) bond motifs is 1. The molecule has 0 aliphatic rings. The van der Waals surface area contributed by atoms with Gasteiger partial charge in [0.05, 0.1) is 11.2 Å². The molecule has 0 fully saturated rings. The lowest BCUT2D eigenvalue weighted by Gasteiger charge is -2.11. The number of halogens is 1. The third-order valence-corrected chi connectivity index (χ3v) is 4.01. The fourth-order valence-electron chi connectivity index (χ4n) is 2.17. The summed E-state index contributed by atoms with van der Waals surface area (Å²) in [6.07, 6.45) is 2.50. The average Bonchev–Trinajstić information content (AvgIpc) is 2.48. The predicted octanol–water partition coefficient (Wildman–Crippen LogP) is 4.31. The van der Waals surface area contributed by atoms with Crippen LogP contribution in [0.2, 0.25) is 0 Å². The Morgan fingerprint density at radius 2 is 1.63 bits per heavy atom. The highest BCUT2D eigenvalue weighted by molar-refractivity contribution is 9.09. The van der Waals surface area contributed by atoms with Crippen molar-refractivity contribution in [2.45, 2.75) is 11.2 Å². The van der Waals surface area contributed by atoms with E-state index in [1.807, 2.05) is 24.3 Å². The third kappa shape index (κ3) is 2.66. The third-order valence-electron chi connectivity index (χ3n) is 3.16. The predicted molar refractivity (Wildman–Crippen MR) is 81.4 cm³/mol. The first-order chi connectivity index (χ1) is 9.34. The van der Waals surface area contributed by atoms with Crippen LogP contribution in [0, 0.1) is 0 Å². The van der Waals surface area contributed by atoms with Crippen molar-refractivity contribution in [3.8, 4) is 0 Å². The van der Waals surface area contributed by atoms with E-state index >= 15 is 0 Å². The maximum atomic E-state index is 4.43. The SMILES string of the molecule is BrC(Cc1ncnc2ccccc12)c1ccccc1. The zero-order valence-corrected chi connectivity index (χ0v) is 11.9. The van der Waals surface area contributed by atoms with Gasteiger partial charge in [0.2, 0.25) is 0 Å². The van der Waals surface area contributed by atoms with Crippen LogP contribution in [0.3, 0.4) is 0 Å². The lowest BCUT2D eigenvalue weighted by molar-refractivity contribution is 0.908. The second-order valence-corrected chi connectivity index (χ2v) is 5.53. The van der Waals surface area contributed by atoms with Crippen molar-refractivity contribution in [2.75, 3.05) is 0 Å². The highest BCUT2D eigenvalue weighted by Crippen LogP contribution is 2.28. The van der Waals surface area contributed by atoms with Crippen molar-refractivity contribution in [1.29, 1.82) is 0 Å². The Balaban J connectivity index is 1.94. The molecular formula is C16H13BrN2. The summed E-state index contributed by atoms with van der Waals surface area (Å²) in [7, 11) is 0. The van der Waals surface area contributed by atoms with Gasteiger partial charge in [-0.2, -0.15) is 0 Å². The second kappa shape index (κ2) is 5.49. The van der Waals surface area contributed by atoms with Crippen LogP contribution in [0.15, 0.2) is 60.9 Å². The van der Waals surface area contributed by atoms with Gasteiger partial charge in [-0.05, 0) is 11.6 Å². The molecule has 2 nitrogen and oxygen atoms in total. The summed E-state index contributed by atoms with van der Waals surface area (Å²) in [6.45, 7) is 0. The van der Waals surface area contributed by atoms with Crippen LogP contribution in [-0.4, -0.2) is 9.97 Å². The molecule has 19 heavy (non-hydrogen) atoms. The molecule has 3 rings (SSSR count). The number of aromatic nitrogens is 2. The Morgan fingerprint density at radius 1 is 0.895 bits per heavy atom. The normalized spacial score (nSPS) is 12.5. The monoisotopic (exact) mass is 312 g/mol. The number of hydrogen-bond donors (Lipinski definition) is 0. The second-order valence-electron chi connectivity index (χ2n) is 4.42. The van der Waals surface area contributed by atoms with Crippen LogP contribution in [0.5, 0.6) is 0 Å². The van der Waals surface area contributed by atoms with Gasteiger partial charge in [0.15, 0.2) is 0 Å². The van der Waals surface area contributed by atoms with Gasteiger partial charge in [0.1, 0.15) is 6.33 Å². The fraction of sp³-hybridized carbons (Fsp3) is 0.125. The minimum absolute atomic E-state index is 0.270. The van der Waals surface area contributed by atoms with E-state index in [0.717, 1.165) is 23.0 Å². The highest BCUT2D eigenvalue weighted by Gasteiger charge is 2.11. The summed E-state index contributed by atoms with van der Waals surface area (Å²) in [4.78, 5) is 9.00. The van der Waals surface area contributed by atoms with Gasteiger partial charge in [-0.15, -0.1) is 0 Å². The van der Waals surface area contributed by atoms with Crippen molar-refractivity contribution in [3.63, 3.8) is 0 Å². The minimum atomic E-state index is 0.270. The minimum Gasteiger partial charge on any atom is -0.241 e. The van der Waals surface area contributed by atoms with E-state index in [9.17, 15) is 0 Å². The summed E-state index contributed by atoms with van der Waals surface area (Å²) >= 11 is 3.75. The van der Waals surface area contributed by atoms with Crippen molar-refractivity contribution in [3.05, 3.63) is 72.2 Å². The zero-order valence-electron chi connectivity index (χ0n) is 10.3. The Bertz CT molecular complexity index is 677. The summed E-state index contributed by atoms with van der Waals surface area (Å²) in [5, 5.41) is 1.13. The number of alkyl halides is 1. The van der Waals surface area contributed by atoms with Crippen molar-refractivity contribution in [1.82, 2.24) is 9.97 Å². The van der Waals surface area contributed by atoms with E-state index in [1.165, 1.54) is 5.56 Å². The quantitative estimate of drug-likeness (QED) is 0.673. The number of para-hydroxylation sites is 1. The molecule has 0 saturated heterocycles. The Labute approximate surface area is 120 Å². The van der Waals surface area contributed by atoms with E-state index in [-0.39, 0.29) is 4.83 Å². The van der Waals surface area contributed by atoms with Crippen molar-refractivity contribution in [2.24, 2.45) is 0 Å². The van der Waals surface area contributed by atoms with Crippen LogP contribution in [0.4, 0.5) is 0 Å². The van der Waals surface area contributed by atoms with Gasteiger partial charge in [-0.3, -0.25) is 0 Å². The number of hydrogen-bond acceptors (Lipinski definition) is 2. The molecule has 3 heteroatoms. The van der Waals surface area contributed by atoms with Gasteiger partial charge < -0.3 is 0 Å². The summed E-state index contributed by atoms with van der Waals surface area (Å²) < 4.78 is 0. The Morgan fingerprint density at radius 3 is 2.47 bits per heavy atom. The first-order valence-electron chi connectivity index (χ1n) is 6.22. The van der Waals surface area contributed by atoms with E-state index in [0.29, 0.717) is 0 Å². The zero-order chi connectivity index (χ0) is 13.1. The van der Waals surface area contributed by atoms with Crippen LogP contribution in [0.25, 0.3) is 10.9 Å².